The van der Waals surface area contributed by atoms with Gasteiger partial charge in [-0.05, 0) is 0 Å². The Morgan fingerprint density at radius 1 is 1.71 bits per heavy atom. The maximum absolute atomic E-state index is 14.1. The van der Waals surface area contributed by atoms with Gasteiger partial charge in [0.2, 0.25) is 0 Å². The van der Waals surface area contributed by atoms with Crippen LogP contribution in [0.15, 0.2) is 21.9 Å². The first-order valence-electron chi connectivity index (χ1n) is 6.05. The minimum absolute atomic E-state index is 0.628. The number of nitrogens with one attached hydrogen (secondary N) is 1. The molecule has 0 radical (unpaired) electrons. The van der Waals surface area contributed by atoms with Crippen LogP contribution in [0.5, 0.6) is 0 Å². The molecule has 6 nitrogen and oxygen atoms in total. The topological polar surface area (TPSA) is 84.3 Å². The summed E-state index contributed by atoms with van der Waals surface area (Å²) in [7, 11) is 0. The Labute approximate surface area is 98.5 Å². The van der Waals surface area contributed by atoms with E-state index in [9.17, 15) is 19.1 Å². The van der Waals surface area contributed by atoms with Crippen LogP contribution < -0.4 is 11.2 Å². The van der Waals surface area contributed by atoms with Gasteiger partial charge in [-0.25, -0.2) is 9.18 Å². The lowest BCUT2D eigenvalue weighted by Crippen LogP contribution is -2.34. The van der Waals surface area contributed by atoms with Crippen LogP contribution >= 0.6 is 0 Å². The molecule has 94 valence electrons. The van der Waals surface area contributed by atoms with Gasteiger partial charge in [-0.2, -0.15) is 0 Å². The van der Waals surface area contributed by atoms with Crippen LogP contribution in [0, 0.1) is 5.92 Å². The van der Waals surface area contributed by atoms with E-state index in [4.69, 9.17) is 7.48 Å². The zero-order chi connectivity index (χ0) is 14.4. The highest BCUT2D eigenvalue weighted by Crippen LogP contribution is 2.34. The van der Waals surface area contributed by atoms with Crippen molar-refractivity contribution in [2.75, 3.05) is 6.56 Å². The number of H-pyrrole nitrogens is 1. The van der Waals surface area contributed by atoms with Crippen molar-refractivity contribution in [3.05, 3.63) is 33.1 Å². The molecule has 0 spiro atoms. The molecule has 0 saturated carbocycles. The third kappa shape index (κ3) is 2.03. The number of hydrogen-bond donors (Lipinski definition) is 2. The fourth-order valence-corrected chi connectivity index (χ4v) is 1.77. The van der Waals surface area contributed by atoms with Crippen LogP contribution in [0.25, 0.3) is 0 Å². The van der Waals surface area contributed by atoms with Crippen molar-refractivity contribution >= 4 is 0 Å². The Morgan fingerprint density at radius 2 is 2.41 bits per heavy atom. The summed E-state index contributed by atoms with van der Waals surface area (Å²) in [6.07, 6.45) is -3.39. The molecule has 0 amide bonds. The Balaban J connectivity index is 2.37. The van der Waals surface area contributed by atoms with Crippen molar-refractivity contribution in [1.82, 2.24) is 9.55 Å². The fourth-order valence-electron chi connectivity index (χ4n) is 1.77. The summed E-state index contributed by atoms with van der Waals surface area (Å²) in [5.74, 6) is -0.941. The molecule has 1 fully saturated rings. The summed E-state index contributed by atoms with van der Waals surface area (Å²) in [6.45, 7) is -1.34. The maximum Gasteiger partial charge on any atom is 0.330 e. The van der Waals surface area contributed by atoms with Crippen molar-refractivity contribution in [3.8, 4) is 0 Å². The molecule has 4 atom stereocenters. The number of aliphatic hydroxyl groups is 1. The number of aromatic nitrogens is 2. The standard InChI is InChI=1S/C10H13FN2O4/c1-5-6(4-14)17-9(8(5)11)13-3-2-7(15)12-10(13)16/h2-3,5-6,8-9,14H,4H2,1H3,(H,12,15,16)/t5-,6+,8?,9+/m0/s1/i4D2. The van der Waals surface area contributed by atoms with Crippen molar-refractivity contribution in [2.45, 2.75) is 25.4 Å². The Morgan fingerprint density at radius 3 is 2.94 bits per heavy atom. The molecule has 2 N–H and O–H groups in total. The number of rotatable bonds is 2. The molecule has 1 unspecified atom stereocenters. The molecule has 2 heterocycles. The van der Waals surface area contributed by atoms with Gasteiger partial charge in [0, 0.05) is 18.2 Å². The molecule has 1 aliphatic rings. The van der Waals surface area contributed by atoms with E-state index in [0.29, 0.717) is 0 Å². The van der Waals surface area contributed by atoms with Gasteiger partial charge < -0.3 is 9.84 Å². The summed E-state index contributed by atoms with van der Waals surface area (Å²) in [5.41, 5.74) is -1.48. The van der Waals surface area contributed by atoms with Crippen LogP contribution in [-0.4, -0.2) is 33.5 Å². The highest BCUT2D eigenvalue weighted by molar-refractivity contribution is 4.91. The molecule has 0 aliphatic carbocycles. The largest absolute Gasteiger partial charge is 0.394 e. The van der Waals surface area contributed by atoms with Crippen LogP contribution in [0.1, 0.15) is 15.9 Å². The van der Waals surface area contributed by atoms with E-state index < -0.39 is 42.2 Å². The summed E-state index contributed by atoms with van der Waals surface area (Å²) in [5, 5.41) is 9.28. The molecular formula is C10H13FN2O4. The van der Waals surface area contributed by atoms with Crippen LogP contribution in [-0.2, 0) is 4.74 Å². The minimum Gasteiger partial charge on any atom is -0.394 e. The Kier molecular flexibility index (Phi) is 2.48. The van der Waals surface area contributed by atoms with E-state index >= 15 is 0 Å². The van der Waals surface area contributed by atoms with Crippen LogP contribution in [0.3, 0.4) is 0 Å². The zero-order valence-electron chi connectivity index (χ0n) is 11.0. The molecule has 2 rings (SSSR count). The molecule has 1 aliphatic heterocycles. The average molecular weight is 246 g/mol. The summed E-state index contributed by atoms with van der Waals surface area (Å²) in [4.78, 5) is 24.4. The minimum atomic E-state index is -2.72. The van der Waals surface area contributed by atoms with Gasteiger partial charge >= 0.3 is 5.69 Å². The van der Waals surface area contributed by atoms with Crippen molar-refractivity contribution < 1.29 is 17.0 Å². The fraction of sp³-hybridized carbons (Fsp3) is 0.600. The number of nitrogens with zero attached hydrogens (tertiary/aromatic N) is 1. The normalized spacial score (nSPS) is 35.5. The molecule has 0 aromatic carbocycles. The van der Waals surface area contributed by atoms with Gasteiger partial charge in [0.15, 0.2) is 12.4 Å². The van der Waals surface area contributed by atoms with Gasteiger partial charge in [-0.1, -0.05) is 6.92 Å². The first-order chi connectivity index (χ1) is 8.71. The average Bonchev–Trinajstić information content (AvgIpc) is 2.56. The van der Waals surface area contributed by atoms with E-state index in [2.05, 4.69) is 0 Å². The Hall–Kier alpha value is -1.47. The third-order valence-electron chi connectivity index (χ3n) is 2.79. The van der Waals surface area contributed by atoms with Gasteiger partial charge in [-0.15, -0.1) is 0 Å². The van der Waals surface area contributed by atoms with E-state index in [1.54, 1.807) is 0 Å². The number of aromatic amines is 1. The summed E-state index contributed by atoms with van der Waals surface area (Å²) in [6, 6.07) is 1.03. The van der Waals surface area contributed by atoms with Gasteiger partial charge in [-0.3, -0.25) is 14.3 Å². The molecule has 7 heteroatoms. The monoisotopic (exact) mass is 246 g/mol. The molecule has 17 heavy (non-hydrogen) atoms. The summed E-state index contributed by atoms with van der Waals surface area (Å²) < 4.78 is 34.3. The second kappa shape index (κ2) is 4.42. The first kappa shape index (κ1) is 9.55. The quantitative estimate of drug-likeness (QED) is 0.730. The molecular weight excluding hydrogens is 231 g/mol. The number of ether oxygens (including phenoxy) is 1. The second-order valence-electron chi connectivity index (χ2n) is 3.90. The highest BCUT2D eigenvalue weighted by Gasteiger charge is 2.43. The zero-order valence-corrected chi connectivity index (χ0v) is 8.96. The number of halogens is 1. The predicted octanol–water partition coefficient (Wildman–Crippen LogP) is -0.600. The number of hydrogen-bond acceptors (Lipinski definition) is 4. The molecule has 1 saturated heterocycles. The van der Waals surface area contributed by atoms with Crippen molar-refractivity contribution in [1.29, 1.82) is 0 Å². The van der Waals surface area contributed by atoms with Crippen molar-refractivity contribution in [3.63, 3.8) is 0 Å². The van der Waals surface area contributed by atoms with E-state index in [1.165, 1.54) is 6.92 Å². The van der Waals surface area contributed by atoms with Crippen LogP contribution in [0.2, 0.25) is 0 Å². The van der Waals surface area contributed by atoms with Crippen LogP contribution in [0.4, 0.5) is 4.39 Å². The van der Waals surface area contributed by atoms with E-state index in [0.717, 1.165) is 16.8 Å². The van der Waals surface area contributed by atoms with Gasteiger partial charge in [0.1, 0.15) is 0 Å². The smallest absolute Gasteiger partial charge is 0.330 e. The molecule has 0 bridgehead atoms. The summed E-state index contributed by atoms with van der Waals surface area (Å²) >= 11 is 0. The lowest BCUT2D eigenvalue weighted by molar-refractivity contribution is -0.0419. The molecule has 1 aromatic heterocycles. The van der Waals surface area contributed by atoms with Gasteiger partial charge in [0.25, 0.3) is 5.56 Å². The van der Waals surface area contributed by atoms with Crippen molar-refractivity contribution in [2.24, 2.45) is 5.92 Å². The maximum atomic E-state index is 14.1. The van der Waals surface area contributed by atoms with Gasteiger partial charge in [0.05, 0.1) is 15.4 Å². The highest BCUT2D eigenvalue weighted by atomic mass is 19.1. The predicted molar refractivity (Wildman–Crippen MR) is 56.4 cm³/mol. The number of alkyl halides is 1. The van der Waals surface area contributed by atoms with E-state index in [1.807, 2.05) is 4.98 Å². The Bertz CT molecular complexity index is 582. The molecule has 1 aromatic rings. The second-order valence-corrected chi connectivity index (χ2v) is 3.90. The third-order valence-corrected chi connectivity index (χ3v) is 2.79. The first-order valence-corrected chi connectivity index (χ1v) is 5.05. The lowest BCUT2D eigenvalue weighted by atomic mass is 10.0. The lowest BCUT2D eigenvalue weighted by Gasteiger charge is -2.15. The SMILES string of the molecule is [2H]C([2H])(O)[C@H]1O[C@@H](n2ccc(=O)[nH]c2=O)C(F)[C@H]1C. The van der Waals surface area contributed by atoms with E-state index in [-0.39, 0.29) is 0 Å².